The van der Waals surface area contributed by atoms with E-state index >= 15 is 0 Å². The highest BCUT2D eigenvalue weighted by molar-refractivity contribution is 5.79. The molecular weight excluding hydrogens is 328 g/mol. The zero-order chi connectivity index (χ0) is 18.8. The third kappa shape index (κ3) is 7.14. The normalized spacial score (nSPS) is 15.7. The van der Waals surface area contributed by atoms with Crippen LogP contribution in [0.2, 0.25) is 0 Å². The lowest BCUT2D eigenvalue weighted by Gasteiger charge is -2.33. The molecule has 1 aromatic carbocycles. The van der Waals surface area contributed by atoms with Gasteiger partial charge in [-0.15, -0.1) is 0 Å². The van der Waals surface area contributed by atoms with Gasteiger partial charge in [0.2, 0.25) is 11.8 Å². The summed E-state index contributed by atoms with van der Waals surface area (Å²) < 4.78 is 0. The standard InChI is InChI=1S/C20H32N4O2/c1-22-11-7-17-8-12-23(13-9-17)16-20(26)24(14-10-19(21)25)15-18-5-3-2-4-6-18/h2-6,17,22H,7-16H2,1H3,(H2,21,25). The third-order valence-electron chi connectivity index (χ3n) is 5.07. The van der Waals surface area contributed by atoms with Crippen molar-refractivity contribution in [2.75, 3.05) is 39.8 Å². The van der Waals surface area contributed by atoms with Crippen LogP contribution in [-0.2, 0) is 16.1 Å². The van der Waals surface area contributed by atoms with Gasteiger partial charge in [-0.05, 0) is 57.4 Å². The molecule has 6 nitrogen and oxygen atoms in total. The fraction of sp³-hybridized carbons (Fsp3) is 0.600. The molecule has 1 fully saturated rings. The van der Waals surface area contributed by atoms with E-state index in [1.54, 1.807) is 4.90 Å². The summed E-state index contributed by atoms with van der Waals surface area (Å²) in [6.45, 7) is 4.31. The maximum absolute atomic E-state index is 12.8. The van der Waals surface area contributed by atoms with Crippen molar-refractivity contribution in [2.45, 2.75) is 32.2 Å². The van der Waals surface area contributed by atoms with Crippen molar-refractivity contribution in [1.29, 1.82) is 0 Å². The molecule has 0 unspecified atom stereocenters. The molecule has 1 aliphatic heterocycles. The average molecular weight is 361 g/mol. The summed E-state index contributed by atoms with van der Waals surface area (Å²) in [6.07, 6.45) is 3.70. The van der Waals surface area contributed by atoms with Crippen LogP contribution < -0.4 is 11.1 Å². The lowest BCUT2D eigenvalue weighted by Crippen LogP contribution is -2.44. The van der Waals surface area contributed by atoms with E-state index in [-0.39, 0.29) is 18.2 Å². The summed E-state index contributed by atoms with van der Waals surface area (Å²) in [5, 5.41) is 3.21. The summed E-state index contributed by atoms with van der Waals surface area (Å²) in [5.41, 5.74) is 6.35. The SMILES string of the molecule is CNCCC1CCN(CC(=O)N(CCC(N)=O)Cc2ccccc2)CC1. The Kier molecular flexibility index (Phi) is 8.58. The predicted octanol–water partition coefficient (Wildman–Crippen LogP) is 1.21. The monoisotopic (exact) mass is 360 g/mol. The number of nitrogens with zero attached hydrogens (tertiary/aromatic N) is 2. The van der Waals surface area contributed by atoms with E-state index in [9.17, 15) is 9.59 Å². The van der Waals surface area contributed by atoms with Crippen molar-refractivity contribution in [3.05, 3.63) is 35.9 Å². The van der Waals surface area contributed by atoms with Crippen LogP contribution in [0.1, 0.15) is 31.2 Å². The zero-order valence-electron chi connectivity index (χ0n) is 15.8. The predicted molar refractivity (Wildman–Crippen MR) is 103 cm³/mol. The number of primary amides is 1. The van der Waals surface area contributed by atoms with Gasteiger partial charge in [-0.3, -0.25) is 14.5 Å². The van der Waals surface area contributed by atoms with Crippen LogP contribution in [-0.4, -0.2) is 61.4 Å². The van der Waals surface area contributed by atoms with E-state index in [0.717, 1.165) is 44.0 Å². The molecule has 0 spiro atoms. The molecule has 144 valence electrons. The first-order valence-electron chi connectivity index (χ1n) is 9.55. The largest absolute Gasteiger partial charge is 0.370 e. The smallest absolute Gasteiger partial charge is 0.237 e. The van der Waals surface area contributed by atoms with Crippen molar-refractivity contribution in [3.63, 3.8) is 0 Å². The van der Waals surface area contributed by atoms with Crippen molar-refractivity contribution in [3.8, 4) is 0 Å². The van der Waals surface area contributed by atoms with E-state index in [4.69, 9.17) is 5.73 Å². The molecular formula is C20H32N4O2. The molecule has 0 bridgehead atoms. The summed E-state index contributed by atoms with van der Waals surface area (Å²) in [7, 11) is 1.99. The molecule has 26 heavy (non-hydrogen) atoms. The van der Waals surface area contributed by atoms with Gasteiger partial charge in [-0.2, -0.15) is 0 Å². The zero-order valence-corrected chi connectivity index (χ0v) is 15.8. The van der Waals surface area contributed by atoms with E-state index < -0.39 is 0 Å². The van der Waals surface area contributed by atoms with Gasteiger partial charge in [0, 0.05) is 19.5 Å². The number of nitrogens with two attached hydrogens (primary N) is 1. The Bertz CT molecular complexity index is 556. The number of rotatable bonds is 10. The fourth-order valence-electron chi connectivity index (χ4n) is 3.41. The number of hydrogen-bond donors (Lipinski definition) is 2. The first kappa shape index (κ1) is 20.4. The molecule has 0 atom stereocenters. The number of hydrogen-bond acceptors (Lipinski definition) is 4. The van der Waals surface area contributed by atoms with Gasteiger partial charge >= 0.3 is 0 Å². The van der Waals surface area contributed by atoms with Crippen LogP contribution in [0.15, 0.2) is 30.3 Å². The van der Waals surface area contributed by atoms with E-state index in [0.29, 0.717) is 19.6 Å². The van der Waals surface area contributed by atoms with Gasteiger partial charge in [0.05, 0.1) is 6.54 Å². The van der Waals surface area contributed by atoms with Gasteiger partial charge in [0.1, 0.15) is 0 Å². The number of amides is 2. The van der Waals surface area contributed by atoms with Gasteiger partial charge in [0.25, 0.3) is 0 Å². The van der Waals surface area contributed by atoms with Crippen LogP contribution in [0.3, 0.4) is 0 Å². The van der Waals surface area contributed by atoms with Crippen LogP contribution in [0.25, 0.3) is 0 Å². The molecule has 6 heteroatoms. The van der Waals surface area contributed by atoms with E-state index in [1.807, 2.05) is 37.4 Å². The minimum Gasteiger partial charge on any atom is -0.370 e. The quantitative estimate of drug-likeness (QED) is 0.657. The third-order valence-corrected chi connectivity index (χ3v) is 5.07. The minimum absolute atomic E-state index is 0.0729. The lowest BCUT2D eigenvalue weighted by atomic mass is 9.93. The minimum atomic E-state index is -0.374. The highest BCUT2D eigenvalue weighted by Gasteiger charge is 2.23. The Morgan fingerprint density at radius 2 is 1.92 bits per heavy atom. The van der Waals surface area contributed by atoms with E-state index in [2.05, 4.69) is 10.2 Å². The molecule has 0 aromatic heterocycles. The number of piperidine rings is 1. The molecule has 1 aliphatic rings. The Morgan fingerprint density at radius 3 is 2.54 bits per heavy atom. The maximum atomic E-state index is 12.8. The lowest BCUT2D eigenvalue weighted by molar-refractivity contribution is -0.133. The number of likely N-dealkylation sites (tertiary alicyclic amines) is 1. The van der Waals surface area contributed by atoms with Gasteiger partial charge < -0.3 is 16.0 Å². The Hall–Kier alpha value is -1.92. The number of carbonyl (C=O) groups excluding carboxylic acids is 2. The summed E-state index contributed by atoms with van der Waals surface area (Å²) in [5.74, 6) is 0.453. The van der Waals surface area contributed by atoms with Crippen LogP contribution >= 0.6 is 0 Å². The van der Waals surface area contributed by atoms with E-state index in [1.165, 1.54) is 6.42 Å². The van der Waals surface area contributed by atoms with Crippen LogP contribution in [0.4, 0.5) is 0 Å². The molecule has 2 amide bonds. The molecule has 1 aromatic rings. The molecule has 1 saturated heterocycles. The van der Waals surface area contributed by atoms with Crippen LogP contribution in [0.5, 0.6) is 0 Å². The second-order valence-electron chi connectivity index (χ2n) is 7.13. The highest BCUT2D eigenvalue weighted by Crippen LogP contribution is 2.20. The Labute approximate surface area is 156 Å². The van der Waals surface area contributed by atoms with Crippen LogP contribution in [0, 0.1) is 5.92 Å². The molecule has 3 N–H and O–H groups in total. The Morgan fingerprint density at radius 1 is 1.23 bits per heavy atom. The number of benzene rings is 1. The second-order valence-corrected chi connectivity index (χ2v) is 7.13. The second kappa shape index (κ2) is 10.9. The van der Waals surface area contributed by atoms with Gasteiger partial charge in [0.15, 0.2) is 0 Å². The molecule has 0 saturated carbocycles. The summed E-state index contributed by atoms with van der Waals surface area (Å²) in [4.78, 5) is 28.0. The number of carbonyl (C=O) groups is 2. The van der Waals surface area contributed by atoms with Crippen molar-refractivity contribution < 1.29 is 9.59 Å². The van der Waals surface area contributed by atoms with Crippen molar-refractivity contribution in [2.24, 2.45) is 11.7 Å². The summed E-state index contributed by atoms with van der Waals surface area (Å²) >= 11 is 0. The number of nitrogens with one attached hydrogen (secondary N) is 1. The van der Waals surface area contributed by atoms with Crippen molar-refractivity contribution >= 4 is 11.8 Å². The molecule has 2 rings (SSSR count). The topological polar surface area (TPSA) is 78.7 Å². The molecule has 1 heterocycles. The highest BCUT2D eigenvalue weighted by atomic mass is 16.2. The molecule has 0 radical (unpaired) electrons. The van der Waals surface area contributed by atoms with Crippen molar-refractivity contribution in [1.82, 2.24) is 15.1 Å². The maximum Gasteiger partial charge on any atom is 0.237 e. The fourth-order valence-corrected chi connectivity index (χ4v) is 3.41. The van der Waals surface area contributed by atoms with Gasteiger partial charge in [-0.25, -0.2) is 0 Å². The molecule has 0 aliphatic carbocycles. The summed E-state index contributed by atoms with van der Waals surface area (Å²) in [6, 6.07) is 9.87. The first-order valence-corrected chi connectivity index (χ1v) is 9.55. The Balaban J connectivity index is 1.86. The van der Waals surface area contributed by atoms with Gasteiger partial charge in [-0.1, -0.05) is 30.3 Å². The average Bonchev–Trinajstić information content (AvgIpc) is 2.65. The first-order chi connectivity index (χ1) is 12.6.